The number of hydrazine groups is 1. The molecule has 0 fully saturated rings. The molecule has 1 N–H and O–H groups in total. The van der Waals surface area contributed by atoms with Gasteiger partial charge in [0, 0.05) is 41.0 Å². The van der Waals surface area contributed by atoms with E-state index >= 15 is 0 Å². The molecular weight excluding hydrogens is 386 g/mol. The van der Waals surface area contributed by atoms with Gasteiger partial charge in [-0.1, -0.05) is 19.9 Å². The number of hydrogen-bond donors (Lipinski definition) is 1. The zero-order valence-corrected chi connectivity index (χ0v) is 18.1. The number of benzene rings is 2. The summed E-state index contributed by atoms with van der Waals surface area (Å²) in [4.78, 5) is 24.5. The molecule has 1 heterocycles. The maximum absolute atomic E-state index is 13.6. The molecule has 1 aromatic heterocycles. The van der Waals surface area contributed by atoms with Crippen LogP contribution in [0.5, 0.6) is 5.75 Å². The number of carbonyl (C=O) groups is 1. The van der Waals surface area contributed by atoms with E-state index in [1.807, 2.05) is 24.3 Å². The lowest BCUT2D eigenvalue weighted by Crippen LogP contribution is -2.43. The highest BCUT2D eigenvalue weighted by molar-refractivity contribution is 7.24. The molecule has 0 unspecified atom stereocenters. The normalized spacial score (nSPS) is 11.2. The fourth-order valence-electron chi connectivity index (χ4n) is 3.69. The Labute approximate surface area is 174 Å². The molecule has 0 saturated carbocycles. The number of ether oxygens (including phenoxy) is 1. The van der Waals surface area contributed by atoms with Crippen LogP contribution < -0.4 is 20.5 Å². The van der Waals surface area contributed by atoms with E-state index in [1.54, 1.807) is 24.5 Å². The first kappa shape index (κ1) is 21.1. The van der Waals surface area contributed by atoms with Crippen LogP contribution in [0, 0.1) is 0 Å². The molecule has 0 atom stereocenters. The van der Waals surface area contributed by atoms with E-state index in [4.69, 9.17) is 4.74 Å². The molecule has 0 spiro atoms. The SMILES string of the molecule is CCN(CC)N(CC)c1ccc(CNC=O)c2sc3ccc(OC)cc3c(=O)c12. The number of amides is 1. The van der Waals surface area contributed by atoms with Crippen molar-refractivity contribution in [3.63, 3.8) is 0 Å². The van der Waals surface area contributed by atoms with E-state index in [0.717, 1.165) is 40.3 Å². The lowest BCUT2D eigenvalue weighted by molar-refractivity contribution is -0.109. The van der Waals surface area contributed by atoms with Crippen LogP contribution in [0.2, 0.25) is 0 Å². The smallest absolute Gasteiger partial charge is 0.207 e. The van der Waals surface area contributed by atoms with E-state index in [0.29, 0.717) is 29.5 Å². The van der Waals surface area contributed by atoms with Gasteiger partial charge in [-0.05, 0) is 36.8 Å². The highest BCUT2D eigenvalue weighted by Gasteiger charge is 2.20. The van der Waals surface area contributed by atoms with Gasteiger partial charge in [0.05, 0.1) is 18.2 Å². The number of hydrogen-bond acceptors (Lipinski definition) is 6. The Morgan fingerprint density at radius 3 is 2.48 bits per heavy atom. The molecule has 0 aliphatic heterocycles. The fraction of sp³-hybridized carbons (Fsp3) is 0.364. The van der Waals surface area contributed by atoms with Crippen molar-refractivity contribution in [2.45, 2.75) is 27.3 Å². The zero-order valence-electron chi connectivity index (χ0n) is 17.3. The van der Waals surface area contributed by atoms with Crippen LogP contribution >= 0.6 is 11.3 Å². The summed E-state index contributed by atoms with van der Waals surface area (Å²) < 4.78 is 7.15. The standard InChI is InChI=1S/C22H27N3O3S/c1-5-24(6-2)25(7-3)18-10-8-15(13-23-14-26)22-20(18)21(27)17-12-16(28-4)9-11-19(17)29-22/h8-12,14H,5-7,13H2,1-4H3,(H,23,26). The first-order valence-electron chi connectivity index (χ1n) is 9.85. The minimum atomic E-state index is -0.0128. The van der Waals surface area contributed by atoms with Gasteiger partial charge in [-0.3, -0.25) is 9.59 Å². The molecule has 2 aromatic carbocycles. The van der Waals surface area contributed by atoms with Gasteiger partial charge in [-0.25, -0.2) is 5.01 Å². The number of rotatable bonds is 9. The third-order valence-electron chi connectivity index (χ3n) is 5.11. The number of methoxy groups -OCH3 is 1. The van der Waals surface area contributed by atoms with Gasteiger partial charge in [0.25, 0.3) is 0 Å². The molecule has 154 valence electrons. The molecule has 7 heteroatoms. The topological polar surface area (TPSA) is 61.9 Å². The number of fused-ring (bicyclic) bond motifs is 2. The van der Waals surface area contributed by atoms with Gasteiger partial charge in [-0.2, -0.15) is 0 Å². The first-order valence-corrected chi connectivity index (χ1v) is 10.7. The maximum Gasteiger partial charge on any atom is 0.207 e. The van der Waals surface area contributed by atoms with Crippen LogP contribution in [0.25, 0.3) is 20.2 Å². The van der Waals surface area contributed by atoms with Crippen molar-refractivity contribution in [2.24, 2.45) is 0 Å². The van der Waals surface area contributed by atoms with E-state index in [1.165, 1.54) is 0 Å². The number of nitrogens with zero attached hydrogens (tertiary/aromatic N) is 2. The number of nitrogens with one attached hydrogen (secondary N) is 1. The molecule has 3 aromatic rings. The van der Waals surface area contributed by atoms with E-state index in [2.05, 4.69) is 36.1 Å². The van der Waals surface area contributed by atoms with Crippen molar-refractivity contribution in [2.75, 3.05) is 31.8 Å². The van der Waals surface area contributed by atoms with Crippen molar-refractivity contribution < 1.29 is 9.53 Å². The van der Waals surface area contributed by atoms with Crippen molar-refractivity contribution in [3.8, 4) is 5.75 Å². The van der Waals surface area contributed by atoms with Gasteiger partial charge < -0.3 is 15.1 Å². The van der Waals surface area contributed by atoms with Gasteiger partial charge in [0.2, 0.25) is 6.41 Å². The average Bonchev–Trinajstić information content (AvgIpc) is 2.76. The summed E-state index contributed by atoms with van der Waals surface area (Å²) in [6, 6.07) is 9.59. The zero-order chi connectivity index (χ0) is 21.0. The first-order chi connectivity index (χ1) is 14.1. The van der Waals surface area contributed by atoms with Crippen LogP contribution in [0.15, 0.2) is 35.1 Å². The predicted octanol–water partition coefficient (Wildman–Crippen LogP) is 3.75. The summed E-state index contributed by atoms with van der Waals surface area (Å²) in [6.45, 7) is 9.14. The van der Waals surface area contributed by atoms with Crippen molar-refractivity contribution in [1.82, 2.24) is 10.3 Å². The Balaban J connectivity index is 2.38. The monoisotopic (exact) mass is 413 g/mol. The van der Waals surface area contributed by atoms with Gasteiger partial charge in [-0.15, -0.1) is 11.3 Å². The van der Waals surface area contributed by atoms with Crippen molar-refractivity contribution in [3.05, 3.63) is 46.1 Å². The lowest BCUT2D eigenvalue weighted by Gasteiger charge is -2.35. The van der Waals surface area contributed by atoms with Crippen LogP contribution in [-0.4, -0.2) is 38.2 Å². The minimum absolute atomic E-state index is 0.0128. The molecule has 6 nitrogen and oxygen atoms in total. The Bertz CT molecular complexity index is 1080. The Hall–Kier alpha value is -2.64. The van der Waals surface area contributed by atoms with E-state index in [9.17, 15) is 9.59 Å². The van der Waals surface area contributed by atoms with Gasteiger partial charge in [0.15, 0.2) is 5.43 Å². The minimum Gasteiger partial charge on any atom is -0.497 e. The summed E-state index contributed by atoms with van der Waals surface area (Å²) in [5.74, 6) is 0.664. The second-order valence-electron chi connectivity index (χ2n) is 6.59. The molecule has 0 bridgehead atoms. The van der Waals surface area contributed by atoms with Gasteiger partial charge in [0.1, 0.15) is 5.75 Å². The lowest BCUT2D eigenvalue weighted by atomic mass is 10.1. The quantitative estimate of drug-likeness (QED) is 0.329. The molecule has 29 heavy (non-hydrogen) atoms. The van der Waals surface area contributed by atoms with Crippen LogP contribution in [0.1, 0.15) is 26.3 Å². The van der Waals surface area contributed by atoms with E-state index in [-0.39, 0.29) is 5.43 Å². The highest BCUT2D eigenvalue weighted by Crippen LogP contribution is 2.35. The van der Waals surface area contributed by atoms with Crippen LogP contribution in [0.4, 0.5) is 5.69 Å². The summed E-state index contributed by atoms with van der Waals surface area (Å²) in [6.07, 6.45) is 0.683. The molecule has 1 amide bonds. The van der Waals surface area contributed by atoms with E-state index < -0.39 is 0 Å². The predicted molar refractivity (Wildman–Crippen MR) is 121 cm³/mol. The largest absolute Gasteiger partial charge is 0.497 e. The third-order valence-corrected chi connectivity index (χ3v) is 6.36. The van der Waals surface area contributed by atoms with Crippen molar-refractivity contribution >= 4 is 43.6 Å². The fourth-order valence-corrected chi connectivity index (χ4v) is 4.88. The van der Waals surface area contributed by atoms with Crippen LogP contribution in [-0.2, 0) is 11.3 Å². The third kappa shape index (κ3) is 3.93. The number of anilines is 1. The summed E-state index contributed by atoms with van der Waals surface area (Å²) in [5.41, 5.74) is 1.82. The summed E-state index contributed by atoms with van der Waals surface area (Å²) in [7, 11) is 1.60. The second kappa shape index (κ2) is 9.24. The highest BCUT2D eigenvalue weighted by atomic mass is 32.1. The molecule has 0 aliphatic carbocycles. The second-order valence-corrected chi connectivity index (χ2v) is 7.65. The molecule has 0 aliphatic rings. The Morgan fingerprint density at radius 2 is 1.86 bits per heavy atom. The number of carbonyl (C=O) groups excluding carboxylic acids is 1. The average molecular weight is 414 g/mol. The van der Waals surface area contributed by atoms with Crippen LogP contribution in [0.3, 0.4) is 0 Å². The molecule has 0 saturated heterocycles. The Morgan fingerprint density at radius 1 is 1.10 bits per heavy atom. The molecule has 3 rings (SSSR count). The molecular formula is C22H27N3O3S. The maximum atomic E-state index is 13.6. The summed E-state index contributed by atoms with van der Waals surface area (Å²) in [5, 5.41) is 8.46. The summed E-state index contributed by atoms with van der Waals surface area (Å²) >= 11 is 1.57. The molecule has 0 radical (unpaired) electrons. The Kier molecular flexibility index (Phi) is 6.71. The van der Waals surface area contributed by atoms with Crippen molar-refractivity contribution in [1.29, 1.82) is 0 Å². The van der Waals surface area contributed by atoms with Gasteiger partial charge >= 0.3 is 0 Å².